The lowest BCUT2D eigenvalue weighted by Crippen LogP contribution is -1.98. The zero-order valence-corrected chi connectivity index (χ0v) is 8.62. The van der Waals surface area contributed by atoms with Crippen LogP contribution in [0.25, 0.3) is 11.1 Å². The van der Waals surface area contributed by atoms with E-state index in [0.29, 0.717) is 5.69 Å². The summed E-state index contributed by atoms with van der Waals surface area (Å²) in [4.78, 5) is 10.8. The van der Waals surface area contributed by atoms with Gasteiger partial charge in [0.15, 0.2) is 0 Å². The number of carboxylic acids is 1. The van der Waals surface area contributed by atoms with Gasteiger partial charge in [0.2, 0.25) is 0 Å². The van der Waals surface area contributed by atoms with Crippen LogP contribution in [0.3, 0.4) is 0 Å². The molecule has 0 saturated heterocycles. The second kappa shape index (κ2) is 3.74. The minimum Gasteiger partial charge on any atom is -0.478 e. The number of thiophene rings is 1. The number of aromatic carboxylic acids is 1. The maximum absolute atomic E-state index is 10.8. The molecular formula is C11H9NO2S. The van der Waals surface area contributed by atoms with Crippen LogP contribution in [0.15, 0.2) is 35.0 Å². The molecule has 3 nitrogen and oxygen atoms in total. The third-order valence-corrected chi connectivity index (χ3v) is 2.82. The van der Waals surface area contributed by atoms with E-state index in [1.807, 2.05) is 16.8 Å². The van der Waals surface area contributed by atoms with Crippen molar-refractivity contribution in [2.75, 3.05) is 5.73 Å². The van der Waals surface area contributed by atoms with Gasteiger partial charge in [0.1, 0.15) is 0 Å². The lowest BCUT2D eigenvalue weighted by Gasteiger charge is -2.04. The molecule has 3 N–H and O–H groups in total. The zero-order valence-electron chi connectivity index (χ0n) is 7.81. The fourth-order valence-corrected chi connectivity index (χ4v) is 2.01. The molecule has 4 heteroatoms. The van der Waals surface area contributed by atoms with E-state index in [1.165, 1.54) is 6.07 Å². The molecule has 0 spiro atoms. The average molecular weight is 219 g/mol. The Kier molecular flexibility index (Phi) is 2.43. The largest absolute Gasteiger partial charge is 0.478 e. The van der Waals surface area contributed by atoms with E-state index in [0.717, 1.165) is 11.1 Å². The Morgan fingerprint density at radius 1 is 1.33 bits per heavy atom. The molecule has 76 valence electrons. The number of anilines is 1. The molecule has 2 aromatic rings. The molecule has 0 fully saturated rings. The first-order chi connectivity index (χ1) is 7.18. The van der Waals surface area contributed by atoms with Crippen LogP contribution in [0.2, 0.25) is 0 Å². The van der Waals surface area contributed by atoms with E-state index >= 15 is 0 Å². The van der Waals surface area contributed by atoms with Crippen molar-refractivity contribution in [1.82, 2.24) is 0 Å². The SMILES string of the molecule is Nc1ccc(C(=O)O)cc1-c1ccsc1. The molecule has 15 heavy (non-hydrogen) atoms. The Bertz CT molecular complexity index is 491. The van der Waals surface area contributed by atoms with Gasteiger partial charge in [0.25, 0.3) is 0 Å². The Morgan fingerprint density at radius 3 is 2.73 bits per heavy atom. The van der Waals surface area contributed by atoms with Crippen LogP contribution in [0.5, 0.6) is 0 Å². The number of benzene rings is 1. The highest BCUT2D eigenvalue weighted by atomic mass is 32.1. The van der Waals surface area contributed by atoms with Crippen LogP contribution in [-0.4, -0.2) is 11.1 Å². The number of hydrogen-bond donors (Lipinski definition) is 2. The average Bonchev–Trinajstić information content (AvgIpc) is 2.71. The van der Waals surface area contributed by atoms with Crippen molar-refractivity contribution in [3.05, 3.63) is 40.6 Å². The summed E-state index contributed by atoms with van der Waals surface area (Å²) in [7, 11) is 0. The summed E-state index contributed by atoms with van der Waals surface area (Å²) in [5, 5.41) is 12.7. The minimum absolute atomic E-state index is 0.255. The highest BCUT2D eigenvalue weighted by Gasteiger charge is 2.08. The maximum atomic E-state index is 10.8. The second-order valence-corrected chi connectivity index (χ2v) is 3.90. The quantitative estimate of drug-likeness (QED) is 0.763. The second-order valence-electron chi connectivity index (χ2n) is 3.12. The molecule has 0 saturated carbocycles. The number of nitrogens with two attached hydrogens (primary N) is 1. The van der Waals surface area contributed by atoms with Gasteiger partial charge in [-0.2, -0.15) is 11.3 Å². The predicted molar refractivity (Wildman–Crippen MR) is 61.1 cm³/mol. The van der Waals surface area contributed by atoms with E-state index in [-0.39, 0.29) is 5.56 Å². The summed E-state index contributed by atoms with van der Waals surface area (Å²) < 4.78 is 0. The van der Waals surface area contributed by atoms with Gasteiger partial charge in [-0.15, -0.1) is 0 Å². The number of nitrogen functional groups attached to an aromatic ring is 1. The molecule has 0 aliphatic carbocycles. The fourth-order valence-electron chi connectivity index (χ4n) is 1.36. The molecule has 1 aromatic heterocycles. The van der Waals surface area contributed by atoms with Crippen molar-refractivity contribution in [3.8, 4) is 11.1 Å². The molecule has 0 radical (unpaired) electrons. The topological polar surface area (TPSA) is 63.3 Å². The number of carboxylic acid groups (broad SMARTS) is 1. The van der Waals surface area contributed by atoms with Gasteiger partial charge in [-0.05, 0) is 40.6 Å². The van der Waals surface area contributed by atoms with E-state index in [9.17, 15) is 4.79 Å². The molecule has 0 unspecified atom stereocenters. The Labute approximate surface area is 90.8 Å². The summed E-state index contributed by atoms with van der Waals surface area (Å²) in [6, 6.07) is 6.64. The van der Waals surface area contributed by atoms with Gasteiger partial charge < -0.3 is 10.8 Å². The third-order valence-electron chi connectivity index (χ3n) is 2.13. The smallest absolute Gasteiger partial charge is 0.335 e. The molecule has 0 atom stereocenters. The minimum atomic E-state index is -0.938. The summed E-state index contributed by atoms with van der Waals surface area (Å²) in [6.45, 7) is 0. The third kappa shape index (κ3) is 1.85. The van der Waals surface area contributed by atoms with E-state index in [4.69, 9.17) is 10.8 Å². The van der Waals surface area contributed by atoms with Crippen LogP contribution in [0.4, 0.5) is 5.69 Å². The van der Waals surface area contributed by atoms with Crippen molar-refractivity contribution in [2.24, 2.45) is 0 Å². The summed E-state index contributed by atoms with van der Waals surface area (Å²) in [5.74, 6) is -0.938. The summed E-state index contributed by atoms with van der Waals surface area (Å²) in [5.41, 5.74) is 8.38. The van der Waals surface area contributed by atoms with Crippen molar-refractivity contribution in [3.63, 3.8) is 0 Å². The van der Waals surface area contributed by atoms with Gasteiger partial charge in [0.05, 0.1) is 5.56 Å². The Balaban J connectivity index is 2.55. The molecule has 1 aromatic carbocycles. The normalized spacial score (nSPS) is 10.1. The molecule has 0 aliphatic rings. The van der Waals surface area contributed by atoms with Crippen LogP contribution in [-0.2, 0) is 0 Å². The molecular weight excluding hydrogens is 210 g/mol. The van der Waals surface area contributed by atoms with E-state index in [1.54, 1.807) is 23.5 Å². The van der Waals surface area contributed by atoms with Crippen molar-refractivity contribution < 1.29 is 9.90 Å². The van der Waals surface area contributed by atoms with Gasteiger partial charge in [-0.3, -0.25) is 0 Å². The first-order valence-electron chi connectivity index (χ1n) is 4.34. The van der Waals surface area contributed by atoms with Crippen LogP contribution in [0.1, 0.15) is 10.4 Å². The van der Waals surface area contributed by atoms with Gasteiger partial charge in [-0.25, -0.2) is 4.79 Å². The first kappa shape index (κ1) is 9.73. The maximum Gasteiger partial charge on any atom is 0.335 e. The van der Waals surface area contributed by atoms with Crippen LogP contribution in [0, 0.1) is 0 Å². The lowest BCUT2D eigenvalue weighted by atomic mass is 10.0. The van der Waals surface area contributed by atoms with Gasteiger partial charge in [0, 0.05) is 11.3 Å². The van der Waals surface area contributed by atoms with Gasteiger partial charge in [-0.1, -0.05) is 0 Å². The molecule has 0 aliphatic heterocycles. The van der Waals surface area contributed by atoms with Crippen LogP contribution >= 0.6 is 11.3 Å². The monoisotopic (exact) mass is 219 g/mol. The molecule has 1 heterocycles. The fraction of sp³-hybridized carbons (Fsp3) is 0. The van der Waals surface area contributed by atoms with Crippen molar-refractivity contribution in [1.29, 1.82) is 0 Å². The highest BCUT2D eigenvalue weighted by molar-refractivity contribution is 7.08. The lowest BCUT2D eigenvalue weighted by molar-refractivity contribution is 0.0697. The summed E-state index contributed by atoms with van der Waals surface area (Å²) >= 11 is 1.55. The Morgan fingerprint density at radius 2 is 2.13 bits per heavy atom. The zero-order chi connectivity index (χ0) is 10.8. The van der Waals surface area contributed by atoms with E-state index in [2.05, 4.69) is 0 Å². The van der Waals surface area contributed by atoms with Crippen molar-refractivity contribution >= 4 is 23.0 Å². The van der Waals surface area contributed by atoms with Crippen LogP contribution < -0.4 is 5.73 Å². The highest BCUT2D eigenvalue weighted by Crippen LogP contribution is 2.28. The van der Waals surface area contributed by atoms with Gasteiger partial charge >= 0.3 is 5.97 Å². The molecule has 0 bridgehead atoms. The molecule has 2 rings (SSSR count). The number of hydrogen-bond acceptors (Lipinski definition) is 3. The molecule has 0 amide bonds. The van der Waals surface area contributed by atoms with E-state index < -0.39 is 5.97 Å². The number of carbonyl (C=O) groups is 1. The standard InChI is InChI=1S/C11H9NO2S/c12-10-2-1-7(11(13)14)5-9(10)8-3-4-15-6-8/h1-6H,12H2,(H,13,14). The van der Waals surface area contributed by atoms with Crippen molar-refractivity contribution in [2.45, 2.75) is 0 Å². The summed E-state index contributed by atoms with van der Waals surface area (Å²) in [6.07, 6.45) is 0. The first-order valence-corrected chi connectivity index (χ1v) is 5.28. The predicted octanol–water partition coefficient (Wildman–Crippen LogP) is 2.70. The number of rotatable bonds is 2. The Hall–Kier alpha value is -1.81.